The van der Waals surface area contributed by atoms with Crippen molar-refractivity contribution in [1.82, 2.24) is 10.6 Å². The van der Waals surface area contributed by atoms with Crippen molar-refractivity contribution in [2.24, 2.45) is 0 Å². The first-order chi connectivity index (χ1) is 8.04. The molecule has 5 heteroatoms. The van der Waals surface area contributed by atoms with E-state index in [4.69, 9.17) is 0 Å². The van der Waals surface area contributed by atoms with Crippen molar-refractivity contribution < 1.29 is 13.2 Å². The molecule has 0 aromatic heterocycles. The lowest BCUT2D eigenvalue weighted by molar-refractivity contribution is -0.133. The van der Waals surface area contributed by atoms with Gasteiger partial charge in [-0.25, -0.2) is 0 Å². The van der Waals surface area contributed by atoms with Gasteiger partial charge in [-0.2, -0.15) is 13.2 Å². The molecule has 17 heavy (non-hydrogen) atoms. The molecule has 94 valence electrons. The normalized spacial score (nSPS) is 15.0. The zero-order valence-corrected chi connectivity index (χ0v) is 9.40. The van der Waals surface area contributed by atoms with Crippen molar-refractivity contribution in [1.29, 1.82) is 0 Å². The fourth-order valence-corrected chi connectivity index (χ4v) is 1.92. The quantitative estimate of drug-likeness (QED) is 0.794. The van der Waals surface area contributed by atoms with Crippen LogP contribution in [0.3, 0.4) is 0 Å². The van der Waals surface area contributed by atoms with Crippen molar-refractivity contribution >= 4 is 0 Å². The summed E-state index contributed by atoms with van der Waals surface area (Å²) in [7, 11) is 0. The molecule has 0 saturated carbocycles. The van der Waals surface area contributed by atoms with Crippen molar-refractivity contribution in [2.45, 2.75) is 32.2 Å². The predicted molar refractivity (Wildman–Crippen MR) is 59.4 cm³/mol. The van der Waals surface area contributed by atoms with Crippen LogP contribution in [0.2, 0.25) is 0 Å². The minimum absolute atomic E-state index is 0.0289. The number of halogens is 3. The first kappa shape index (κ1) is 12.4. The molecule has 0 unspecified atom stereocenters. The van der Waals surface area contributed by atoms with Crippen molar-refractivity contribution in [2.75, 3.05) is 6.54 Å². The van der Waals surface area contributed by atoms with Gasteiger partial charge in [0.2, 0.25) is 0 Å². The summed E-state index contributed by atoms with van der Waals surface area (Å²) in [6.07, 6.45) is -4.85. The van der Waals surface area contributed by atoms with E-state index in [-0.39, 0.29) is 6.54 Å². The molecule has 2 N–H and O–H groups in total. The van der Waals surface area contributed by atoms with Gasteiger partial charge in [0.1, 0.15) is 0 Å². The summed E-state index contributed by atoms with van der Waals surface area (Å²) >= 11 is 0. The molecule has 0 radical (unpaired) electrons. The summed E-state index contributed by atoms with van der Waals surface area (Å²) in [6, 6.07) is 6.05. The maximum atomic E-state index is 11.9. The highest BCUT2D eigenvalue weighted by Gasteiger charge is 2.25. The van der Waals surface area contributed by atoms with E-state index in [1.807, 2.05) is 12.1 Å². The van der Waals surface area contributed by atoms with Gasteiger partial charge in [-0.05, 0) is 16.7 Å². The van der Waals surface area contributed by atoms with E-state index in [9.17, 15) is 13.2 Å². The lowest BCUT2D eigenvalue weighted by atomic mass is 10.1. The third kappa shape index (κ3) is 3.71. The fourth-order valence-electron chi connectivity index (χ4n) is 1.92. The van der Waals surface area contributed by atoms with Crippen LogP contribution >= 0.6 is 0 Å². The molecule has 2 rings (SSSR count). The van der Waals surface area contributed by atoms with E-state index in [1.165, 1.54) is 11.1 Å². The SMILES string of the molecule is FC(F)(F)CCNCc1ccc2c(c1)CNC2. The first-order valence-corrected chi connectivity index (χ1v) is 5.63. The predicted octanol–water partition coefficient (Wildman–Crippen LogP) is 2.33. The molecule has 0 fully saturated rings. The Hall–Kier alpha value is -1.07. The molecular formula is C12H15F3N2. The van der Waals surface area contributed by atoms with Crippen molar-refractivity contribution in [3.8, 4) is 0 Å². The number of nitrogens with one attached hydrogen (secondary N) is 2. The van der Waals surface area contributed by atoms with Gasteiger partial charge in [-0.1, -0.05) is 18.2 Å². The van der Waals surface area contributed by atoms with Crippen LogP contribution in [0.1, 0.15) is 23.1 Å². The third-order valence-corrected chi connectivity index (χ3v) is 2.82. The molecule has 1 heterocycles. The molecule has 0 aliphatic carbocycles. The number of alkyl halides is 3. The van der Waals surface area contributed by atoms with Gasteiger partial charge in [0, 0.05) is 26.2 Å². The maximum Gasteiger partial charge on any atom is 0.390 e. The van der Waals surface area contributed by atoms with Gasteiger partial charge in [0.05, 0.1) is 6.42 Å². The van der Waals surface area contributed by atoms with Gasteiger partial charge in [-0.3, -0.25) is 0 Å². The minimum Gasteiger partial charge on any atom is -0.312 e. The highest BCUT2D eigenvalue weighted by molar-refractivity contribution is 5.34. The van der Waals surface area contributed by atoms with Crippen LogP contribution in [0, 0.1) is 0 Å². The lowest BCUT2D eigenvalue weighted by Gasteiger charge is -2.08. The Morgan fingerprint density at radius 3 is 2.71 bits per heavy atom. The lowest BCUT2D eigenvalue weighted by Crippen LogP contribution is -2.21. The van der Waals surface area contributed by atoms with E-state index < -0.39 is 12.6 Å². The van der Waals surface area contributed by atoms with Gasteiger partial charge >= 0.3 is 6.18 Å². The molecule has 0 amide bonds. The number of hydrogen-bond acceptors (Lipinski definition) is 2. The minimum atomic E-state index is -4.07. The van der Waals surface area contributed by atoms with Crippen LogP contribution in [-0.2, 0) is 19.6 Å². The molecule has 0 bridgehead atoms. The molecule has 0 atom stereocenters. The van der Waals surface area contributed by atoms with E-state index in [0.717, 1.165) is 18.7 Å². The zero-order chi connectivity index (χ0) is 12.3. The Bertz CT molecular complexity index is 388. The Labute approximate surface area is 98.2 Å². The van der Waals surface area contributed by atoms with Crippen molar-refractivity contribution in [3.63, 3.8) is 0 Å². The average molecular weight is 244 g/mol. The van der Waals surface area contributed by atoms with Crippen LogP contribution in [0.25, 0.3) is 0 Å². The van der Waals surface area contributed by atoms with Gasteiger partial charge in [0.25, 0.3) is 0 Å². The van der Waals surface area contributed by atoms with Crippen LogP contribution in [0.5, 0.6) is 0 Å². The molecule has 2 nitrogen and oxygen atoms in total. The number of fused-ring (bicyclic) bond motifs is 1. The van der Waals surface area contributed by atoms with E-state index in [1.54, 1.807) is 0 Å². The Balaban J connectivity index is 1.80. The molecule has 1 aliphatic rings. The van der Waals surface area contributed by atoms with Crippen molar-refractivity contribution in [3.05, 3.63) is 34.9 Å². The molecule has 0 saturated heterocycles. The van der Waals surface area contributed by atoms with E-state index >= 15 is 0 Å². The summed E-state index contributed by atoms with van der Waals surface area (Å²) in [4.78, 5) is 0. The Kier molecular flexibility index (Phi) is 3.69. The molecule has 1 aromatic rings. The van der Waals surface area contributed by atoms with Gasteiger partial charge in [-0.15, -0.1) is 0 Å². The summed E-state index contributed by atoms with van der Waals surface area (Å²) in [5.74, 6) is 0. The van der Waals surface area contributed by atoms with Crippen LogP contribution in [0.4, 0.5) is 13.2 Å². The monoisotopic (exact) mass is 244 g/mol. The molecule has 0 spiro atoms. The Morgan fingerprint density at radius 2 is 1.94 bits per heavy atom. The van der Waals surface area contributed by atoms with Crippen LogP contribution in [0.15, 0.2) is 18.2 Å². The number of benzene rings is 1. The summed E-state index contributed by atoms with van der Waals surface area (Å²) in [5, 5.41) is 6.04. The fraction of sp³-hybridized carbons (Fsp3) is 0.500. The summed E-state index contributed by atoms with van der Waals surface area (Å²) in [6.45, 7) is 2.20. The first-order valence-electron chi connectivity index (χ1n) is 5.63. The highest BCUT2D eigenvalue weighted by atomic mass is 19.4. The largest absolute Gasteiger partial charge is 0.390 e. The van der Waals surface area contributed by atoms with Crippen LogP contribution < -0.4 is 10.6 Å². The molecular weight excluding hydrogens is 229 g/mol. The second kappa shape index (κ2) is 5.06. The second-order valence-electron chi connectivity index (χ2n) is 4.25. The summed E-state index contributed by atoms with van der Waals surface area (Å²) in [5.41, 5.74) is 3.57. The smallest absolute Gasteiger partial charge is 0.312 e. The molecule has 1 aromatic carbocycles. The second-order valence-corrected chi connectivity index (χ2v) is 4.25. The van der Waals surface area contributed by atoms with Gasteiger partial charge in [0.15, 0.2) is 0 Å². The topological polar surface area (TPSA) is 24.1 Å². The summed E-state index contributed by atoms with van der Waals surface area (Å²) < 4.78 is 35.7. The number of hydrogen-bond donors (Lipinski definition) is 2. The standard InChI is InChI=1S/C12H15F3N2/c13-12(14,15)3-4-16-6-9-1-2-10-7-17-8-11(10)5-9/h1-2,5,16-17H,3-4,6-8H2. The number of rotatable bonds is 4. The molecule has 1 aliphatic heterocycles. The highest BCUT2D eigenvalue weighted by Crippen LogP contribution is 2.19. The van der Waals surface area contributed by atoms with E-state index in [0.29, 0.717) is 6.54 Å². The zero-order valence-electron chi connectivity index (χ0n) is 9.40. The van der Waals surface area contributed by atoms with Crippen LogP contribution in [-0.4, -0.2) is 12.7 Å². The Morgan fingerprint density at radius 1 is 1.18 bits per heavy atom. The third-order valence-electron chi connectivity index (χ3n) is 2.82. The average Bonchev–Trinajstić information content (AvgIpc) is 2.70. The maximum absolute atomic E-state index is 11.9. The van der Waals surface area contributed by atoms with Gasteiger partial charge < -0.3 is 10.6 Å². The van der Waals surface area contributed by atoms with E-state index in [2.05, 4.69) is 16.7 Å².